The highest BCUT2D eigenvalue weighted by molar-refractivity contribution is 5.25. The Morgan fingerprint density at radius 3 is 2.48 bits per heavy atom. The molecule has 1 aromatic carbocycles. The van der Waals surface area contributed by atoms with Gasteiger partial charge in [0.05, 0.1) is 12.7 Å². The molecule has 1 saturated carbocycles. The SMILES string of the molecule is Cc1ccccc1CCN1CCC(CN(C[C@@H](O)CO)C2CCCC2)CC1. The van der Waals surface area contributed by atoms with Crippen molar-refractivity contribution in [2.75, 3.05) is 39.3 Å². The molecule has 1 aromatic rings. The van der Waals surface area contributed by atoms with Crippen molar-refractivity contribution in [3.8, 4) is 0 Å². The van der Waals surface area contributed by atoms with Crippen LogP contribution in [0.3, 0.4) is 0 Å². The van der Waals surface area contributed by atoms with Crippen LogP contribution in [0, 0.1) is 12.8 Å². The lowest BCUT2D eigenvalue weighted by Crippen LogP contribution is -2.45. The van der Waals surface area contributed by atoms with Crippen LogP contribution in [-0.4, -0.2) is 71.5 Å². The summed E-state index contributed by atoms with van der Waals surface area (Å²) in [4.78, 5) is 5.10. The van der Waals surface area contributed by atoms with Gasteiger partial charge < -0.3 is 15.1 Å². The summed E-state index contributed by atoms with van der Waals surface area (Å²) in [5, 5.41) is 19.2. The van der Waals surface area contributed by atoms with Crippen LogP contribution < -0.4 is 0 Å². The van der Waals surface area contributed by atoms with Gasteiger partial charge in [-0.3, -0.25) is 4.90 Å². The number of piperidine rings is 1. The molecule has 1 aliphatic heterocycles. The standard InChI is InChI=1S/C23H38N2O2/c1-19-6-2-3-7-21(19)12-15-24-13-10-20(11-14-24)16-25(17-23(27)18-26)22-8-4-5-9-22/h2-3,6-7,20,22-23,26-27H,4-5,8-18H2,1H3/t23-/m1/s1. The van der Waals surface area contributed by atoms with Gasteiger partial charge in [-0.1, -0.05) is 37.1 Å². The summed E-state index contributed by atoms with van der Waals surface area (Å²) in [6.07, 6.45) is 8.20. The van der Waals surface area contributed by atoms with Crippen molar-refractivity contribution in [3.05, 3.63) is 35.4 Å². The summed E-state index contributed by atoms with van der Waals surface area (Å²) in [6, 6.07) is 9.35. The van der Waals surface area contributed by atoms with E-state index in [-0.39, 0.29) is 6.61 Å². The minimum atomic E-state index is -0.597. The Morgan fingerprint density at radius 2 is 1.81 bits per heavy atom. The van der Waals surface area contributed by atoms with Crippen LogP contribution in [0.2, 0.25) is 0 Å². The van der Waals surface area contributed by atoms with Crippen molar-refractivity contribution in [2.45, 2.75) is 64.0 Å². The third-order valence-corrected chi connectivity index (χ3v) is 6.66. The molecule has 1 atom stereocenters. The molecule has 152 valence electrons. The van der Waals surface area contributed by atoms with Crippen molar-refractivity contribution in [1.82, 2.24) is 9.80 Å². The fraction of sp³-hybridized carbons (Fsp3) is 0.739. The Hall–Kier alpha value is -0.940. The average molecular weight is 375 g/mol. The predicted octanol–water partition coefficient (Wildman–Crippen LogP) is 2.85. The molecule has 0 aromatic heterocycles. The molecule has 0 radical (unpaired) electrons. The van der Waals surface area contributed by atoms with E-state index in [2.05, 4.69) is 41.0 Å². The second-order valence-corrected chi connectivity index (χ2v) is 8.69. The van der Waals surface area contributed by atoms with Gasteiger partial charge in [0.2, 0.25) is 0 Å². The highest BCUT2D eigenvalue weighted by atomic mass is 16.3. The molecule has 1 aliphatic carbocycles. The normalized spacial score (nSPS) is 21.2. The molecule has 0 unspecified atom stereocenters. The lowest BCUT2D eigenvalue weighted by molar-refractivity contribution is 0.0324. The maximum absolute atomic E-state index is 9.96. The van der Waals surface area contributed by atoms with Gasteiger partial charge in [-0.05, 0) is 69.2 Å². The van der Waals surface area contributed by atoms with E-state index >= 15 is 0 Å². The van der Waals surface area contributed by atoms with E-state index in [0.717, 1.165) is 25.4 Å². The van der Waals surface area contributed by atoms with Gasteiger partial charge in [0.15, 0.2) is 0 Å². The van der Waals surface area contributed by atoms with Crippen LogP contribution in [0.5, 0.6) is 0 Å². The quantitative estimate of drug-likeness (QED) is 0.698. The van der Waals surface area contributed by atoms with Gasteiger partial charge in [-0.25, -0.2) is 0 Å². The minimum Gasteiger partial charge on any atom is -0.394 e. The summed E-state index contributed by atoms with van der Waals surface area (Å²) in [5.74, 6) is 0.728. The van der Waals surface area contributed by atoms with Crippen LogP contribution >= 0.6 is 0 Å². The topological polar surface area (TPSA) is 46.9 Å². The Bertz CT molecular complexity index is 551. The molecule has 4 heteroatoms. The van der Waals surface area contributed by atoms with Crippen molar-refractivity contribution in [1.29, 1.82) is 0 Å². The van der Waals surface area contributed by atoms with Gasteiger partial charge in [0.1, 0.15) is 0 Å². The number of rotatable bonds is 9. The predicted molar refractivity (Wildman–Crippen MR) is 111 cm³/mol. The molecule has 1 saturated heterocycles. The smallest absolute Gasteiger partial charge is 0.0897 e. The van der Waals surface area contributed by atoms with Gasteiger partial charge in [-0.15, -0.1) is 0 Å². The molecule has 0 bridgehead atoms. The van der Waals surface area contributed by atoms with E-state index in [0.29, 0.717) is 12.6 Å². The molecule has 2 fully saturated rings. The molecular weight excluding hydrogens is 336 g/mol. The van der Waals surface area contributed by atoms with E-state index in [1.807, 2.05) is 0 Å². The fourth-order valence-electron chi connectivity index (χ4n) is 4.86. The van der Waals surface area contributed by atoms with Crippen LogP contribution in [0.25, 0.3) is 0 Å². The first-order chi connectivity index (χ1) is 13.2. The summed E-state index contributed by atoms with van der Waals surface area (Å²) >= 11 is 0. The molecule has 27 heavy (non-hydrogen) atoms. The summed E-state index contributed by atoms with van der Waals surface area (Å²) in [7, 11) is 0. The number of hydrogen-bond acceptors (Lipinski definition) is 4. The summed E-state index contributed by atoms with van der Waals surface area (Å²) < 4.78 is 0. The van der Waals surface area contributed by atoms with E-state index in [1.165, 1.54) is 62.7 Å². The van der Waals surface area contributed by atoms with E-state index < -0.39 is 6.10 Å². The maximum Gasteiger partial charge on any atom is 0.0897 e. The third kappa shape index (κ3) is 6.28. The Labute approximate surface area is 165 Å². The number of aliphatic hydroxyl groups is 2. The molecule has 1 heterocycles. The minimum absolute atomic E-state index is 0.124. The first-order valence-electron chi connectivity index (χ1n) is 11.0. The van der Waals surface area contributed by atoms with Gasteiger partial charge >= 0.3 is 0 Å². The molecular formula is C23H38N2O2. The van der Waals surface area contributed by atoms with Crippen LogP contribution in [0.1, 0.15) is 49.7 Å². The lowest BCUT2D eigenvalue weighted by atomic mass is 9.94. The molecule has 2 N–H and O–H groups in total. The van der Waals surface area contributed by atoms with Crippen LogP contribution in [0.15, 0.2) is 24.3 Å². The second kappa shape index (κ2) is 10.6. The third-order valence-electron chi connectivity index (χ3n) is 6.66. The first kappa shape index (κ1) is 20.8. The Balaban J connectivity index is 1.43. The highest BCUT2D eigenvalue weighted by Gasteiger charge is 2.28. The largest absolute Gasteiger partial charge is 0.394 e. The van der Waals surface area contributed by atoms with Crippen molar-refractivity contribution in [2.24, 2.45) is 5.92 Å². The zero-order valence-corrected chi connectivity index (χ0v) is 17.0. The number of nitrogens with zero attached hydrogens (tertiary/aromatic N) is 2. The van der Waals surface area contributed by atoms with Crippen molar-refractivity contribution < 1.29 is 10.2 Å². The van der Waals surface area contributed by atoms with Gasteiger partial charge in [0, 0.05) is 25.7 Å². The number of aryl methyl sites for hydroxylation is 1. The van der Waals surface area contributed by atoms with E-state index in [4.69, 9.17) is 0 Å². The number of likely N-dealkylation sites (tertiary alicyclic amines) is 1. The van der Waals surface area contributed by atoms with E-state index in [1.54, 1.807) is 0 Å². The molecule has 4 nitrogen and oxygen atoms in total. The van der Waals surface area contributed by atoms with Crippen LogP contribution in [-0.2, 0) is 6.42 Å². The number of aliphatic hydroxyl groups excluding tert-OH is 2. The van der Waals surface area contributed by atoms with Gasteiger partial charge in [0.25, 0.3) is 0 Å². The molecule has 3 rings (SSSR count). The summed E-state index contributed by atoms with van der Waals surface area (Å²) in [5.41, 5.74) is 2.88. The zero-order chi connectivity index (χ0) is 19.1. The fourth-order valence-corrected chi connectivity index (χ4v) is 4.86. The zero-order valence-electron chi connectivity index (χ0n) is 17.0. The van der Waals surface area contributed by atoms with Crippen molar-refractivity contribution >= 4 is 0 Å². The van der Waals surface area contributed by atoms with Crippen LogP contribution in [0.4, 0.5) is 0 Å². The molecule has 0 spiro atoms. The summed E-state index contributed by atoms with van der Waals surface area (Å²) in [6.45, 7) is 7.35. The monoisotopic (exact) mass is 374 g/mol. The number of hydrogen-bond donors (Lipinski definition) is 2. The first-order valence-corrected chi connectivity index (χ1v) is 11.0. The number of benzene rings is 1. The van der Waals surface area contributed by atoms with Crippen molar-refractivity contribution in [3.63, 3.8) is 0 Å². The molecule has 0 amide bonds. The Morgan fingerprint density at radius 1 is 1.11 bits per heavy atom. The van der Waals surface area contributed by atoms with E-state index in [9.17, 15) is 10.2 Å². The Kier molecular flexibility index (Phi) is 8.13. The lowest BCUT2D eigenvalue weighted by Gasteiger charge is -2.37. The average Bonchev–Trinajstić information content (AvgIpc) is 3.22. The second-order valence-electron chi connectivity index (χ2n) is 8.69. The molecule has 2 aliphatic rings. The van der Waals surface area contributed by atoms with Gasteiger partial charge in [-0.2, -0.15) is 0 Å². The highest BCUT2D eigenvalue weighted by Crippen LogP contribution is 2.27. The maximum atomic E-state index is 9.96.